The van der Waals surface area contributed by atoms with Crippen molar-refractivity contribution in [3.05, 3.63) is 46.9 Å². The number of halogens is 1. The fourth-order valence-electron chi connectivity index (χ4n) is 3.65. The normalized spacial score (nSPS) is 16.8. The van der Waals surface area contributed by atoms with Gasteiger partial charge in [-0.05, 0) is 49.2 Å². The third kappa shape index (κ3) is 4.26. The number of nitrogens with one attached hydrogen (secondary N) is 2. The summed E-state index contributed by atoms with van der Waals surface area (Å²) in [7, 11) is 0. The summed E-state index contributed by atoms with van der Waals surface area (Å²) in [5, 5.41) is 14.9. The number of carbonyl (C=O) groups excluding carboxylic acids is 2. The van der Waals surface area contributed by atoms with Crippen molar-refractivity contribution in [1.29, 1.82) is 0 Å². The Hall–Kier alpha value is -3.18. The van der Waals surface area contributed by atoms with Crippen LogP contribution in [0.4, 0.5) is 15.6 Å². The molecule has 3 aromatic rings. The first-order valence-corrected chi connectivity index (χ1v) is 11.6. The van der Waals surface area contributed by atoms with Gasteiger partial charge in [0.1, 0.15) is 11.0 Å². The Bertz CT molecular complexity index is 1190. The molecule has 1 atom stereocenters. The lowest BCUT2D eigenvalue weighted by atomic mass is 10.2. The third-order valence-electron chi connectivity index (χ3n) is 5.17. The van der Waals surface area contributed by atoms with E-state index >= 15 is 0 Å². The van der Waals surface area contributed by atoms with Gasteiger partial charge in [-0.15, -0.1) is 10.2 Å². The van der Waals surface area contributed by atoms with E-state index in [1.165, 1.54) is 11.3 Å². The van der Waals surface area contributed by atoms with Crippen LogP contribution in [0.15, 0.2) is 46.9 Å². The minimum absolute atomic E-state index is 0.198. The highest BCUT2D eigenvalue weighted by molar-refractivity contribution is 9.10. The second kappa shape index (κ2) is 8.75. The van der Waals surface area contributed by atoms with Crippen molar-refractivity contribution < 1.29 is 19.1 Å². The predicted molar refractivity (Wildman–Crippen MR) is 123 cm³/mol. The molecule has 2 aliphatic rings. The number of anilines is 2. The zero-order chi connectivity index (χ0) is 22.1. The van der Waals surface area contributed by atoms with Crippen molar-refractivity contribution in [3.63, 3.8) is 0 Å². The summed E-state index contributed by atoms with van der Waals surface area (Å²) in [6.45, 7) is 0.708. The van der Waals surface area contributed by atoms with Gasteiger partial charge in [-0.25, -0.2) is 4.79 Å². The number of carbonyl (C=O) groups is 2. The number of ether oxygens (including phenoxy) is 2. The molecule has 0 aliphatic carbocycles. The molecule has 2 aliphatic heterocycles. The van der Waals surface area contributed by atoms with E-state index in [1.54, 1.807) is 11.0 Å². The average Bonchev–Trinajstić information content (AvgIpc) is 3.53. The van der Waals surface area contributed by atoms with E-state index in [0.29, 0.717) is 40.3 Å². The van der Waals surface area contributed by atoms with Crippen LogP contribution in [0, 0.1) is 0 Å². The molecule has 11 heteroatoms. The van der Waals surface area contributed by atoms with E-state index in [1.807, 2.05) is 36.4 Å². The van der Waals surface area contributed by atoms with Crippen molar-refractivity contribution in [2.75, 3.05) is 24.0 Å². The Labute approximate surface area is 195 Å². The quantitative estimate of drug-likeness (QED) is 0.535. The molecule has 2 aromatic carbocycles. The van der Waals surface area contributed by atoms with E-state index in [-0.39, 0.29) is 18.7 Å². The largest absolute Gasteiger partial charge is 0.454 e. The zero-order valence-corrected chi connectivity index (χ0v) is 19.1. The third-order valence-corrected chi connectivity index (χ3v) is 6.55. The van der Waals surface area contributed by atoms with Gasteiger partial charge in [0.15, 0.2) is 11.5 Å². The smallest absolute Gasteiger partial charge is 0.322 e. The minimum Gasteiger partial charge on any atom is -0.454 e. The first-order chi connectivity index (χ1) is 15.6. The Kier molecular flexibility index (Phi) is 5.66. The van der Waals surface area contributed by atoms with Gasteiger partial charge in [-0.2, -0.15) is 0 Å². The molecule has 0 bridgehead atoms. The van der Waals surface area contributed by atoms with Crippen molar-refractivity contribution >= 4 is 50.0 Å². The topological polar surface area (TPSA) is 106 Å². The molecular formula is C21H18BrN5O4S. The molecule has 2 N–H and O–H groups in total. The van der Waals surface area contributed by atoms with Gasteiger partial charge >= 0.3 is 6.03 Å². The Morgan fingerprint density at radius 3 is 2.84 bits per heavy atom. The lowest BCUT2D eigenvalue weighted by Crippen LogP contribution is -2.45. The van der Waals surface area contributed by atoms with Gasteiger partial charge in [-0.3, -0.25) is 10.1 Å². The Morgan fingerprint density at radius 1 is 1.09 bits per heavy atom. The molecule has 1 saturated heterocycles. The summed E-state index contributed by atoms with van der Waals surface area (Å²) in [5.41, 5.74) is 1.48. The van der Waals surface area contributed by atoms with Crippen LogP contribution in [0.3, 0.4) is 0 Å². The number of aromatic nitrogens is 2. The van der Waals surface area contributed by atoms with Crippen LogP contribution >= 0.6 is 27.3 Å². The van der Waals surface area contributed by atoms with Crippen LogP contribution in [0.2, 0.25) is 0 Å². The molecular weight excluding hydrogens is 498 g/mol. The van der Waals surface area contributed by atoms with Crippen LogP contribution in [-0.4, -0.2) is 46.4 Å². The summed E-state index contributed by atoms with van der Waals surface area (Å²) in [4.78, 5) is 27.2. The number of amides is 3. The van der Waals surface area contributed by atoms with E-state index in [2.05, 4.69) is 36.8 Å². The maximum atomic E-state index is 12.9. The first-order valence-electron chi connectivity index (χ1n) is 9.94. The van der Waals surface area contributed by atoms with E-state index in [4.69, 9.17) is 9.47 Å². The highest BCUT2D eigenvalue weighted by atomic mass is 79.9. The molecule has 9 nitrogen and oxygen atoms in total. The Morgan fingerprint density at radius 2 is 1.97 bits per heavy atom. The fourth-order valence-corrected chi connectivity index (χ4v) is 4.79. The second-order valence-electron chi connectivity index (χ2n) is 7.26. The molecule has 0 saturated carbocycles. The van der Waals surface area contributed by atoms with Gasteiger partial charge in [0.2, 0.25) is 17.8 Å². The summed E-state index contributed by atoms with van der Waals surface area (Å²) >= 11 is 4.64. The van der Waals surface area contributed by atoms with E-state index in [9.17, 15) is 9.59 Å². The molecule has 1 unspecified atom stereocenters. The second-order valence-corrected chi connectivity index (χ2v) is 9.15. The Balaban J connectivity index is 1.25. The molecule has 164 valence electrons. The maximum Gasteiger partial charge on any atom is 0.322 e. The molecule has 3 heterocycles. The monoisotopic (exact) mass is 515 g/mol. The minimum atomic E-state index is -0.569. The lowest BCUT2D eigenvalue weighted by Gasteiger charge is -2.23. The SMILES string of the molecule is O=C(Nc1nnc(-c2ccc3c(c2)OCO3)s1)C1CCCN1C(=O)Nc1cccc(Br)c1. The van der Waals surface area contributed by atoms with Gasteiger partial charge in [0, 0.05) is 22.3 Å². The van der Waals surface area contributed by atoms with Gasteiger partial charge < -0.3 is 19.7 Å². The van der Waals surface area contributed by atoms with Gasteiger partial charge in [-0.1, -0.05) is 33.3 Å². The number of urea groups is 1. The highest BCUT2D eigenvalue weighted by Gasteiger charge is 2.34. The molecule has 3 amide bonds. The standard InChI is InChI=1S/C21H18BrN5O4S/c22-13-3-1-4-14(10-13)23-21(29)27-8-2-5-15(27)18(28)24-20-26-25-19(32-20)12-6-7-16-17(9-12)31-11-30-16/h1,3-4,6-7,9-10,15H,2,5,8,11H2,(H,23,29)(H,24,26,28). The molecule has 0 spiro atoms. The highest BCUT2D eigenvalue weighted by Crippen LogP contribution is 2.37. The number of fused-ring (bicyclic) bond motifs is 1. The van der Waals surface area contributed by atoms with Crippen molar-refractivity contribution in [2.45, 2.75) is 18.9 Å². The van der Waals surface area contributed by atoms with Crippen molar-refractivity contribution in [2.24, 2.45) is 0 Å². The van der Waals surface area contributed by atoms with E-state index in [0.717, 1.165) is 16.5 Å². The number of hydrogen-bond donors (Lipinski definition) is 2. The molecule has 1 aromatic heterocycles. The number of benzene rings is 2. The zero-order valence-electron chi connectivity index (χ0n) is 16.7. The van der Waals surface area contributed by atoms with Crippen LogP contribution in [0.1, 0.15) is 12.8 Å². The van der Waals surface area contributed by atoms with Crippen LogP contribution in [0.25, 0.3) is 10.6 Å². The summed E-state index contributed by atoms with van der Waals surface area (Å²) in [6, 6.07) is 12.0. The lowest BCUT2D eigenvalue weighted by molar-refractivity contribution is -0.119. The van der Waals surface area contributed by atoms with Crippen LogP contribution < -0.4 is 20.1 Å². The molecule has 1 fully saturated rings. The molecule has 0 radical (unpaired) electrons. The first kappa shape index (κ1) is 20.7. The van der Waals surface area contributed by atoms with Crippen molar-refractivity contribution in [1.82, 2.24) is 15.1 Å². The number of likely N-dealkylation sites (tertiary alicyclic amines) is 1. The summed E-state index contributed by atoms with van der Waals surface area (Å²) < 4.78 is 11.6. The molecule has 5 rings (SSSR count). The summed E-state index contributed by atoms with van der Waals surface area (Å²) in [5.74, 6) is 1.07. The van der Waals surface area contributed by atoms with Gasteiger partial charge in [0.05, 0.1) is 0 Å². The van der Waals surface area contributed by atoms with Crippen LogP contribution in [-0.2, 0) is 4.79 Å². The maximum absolute atomic E-state index is 12.9. The summed E-state index contributed by atoms with van der Waals surface area (Å²) in [6.07, 6.45) is 1.34. The average molecular weight is 516 g/mol. The number of rotatable bonds is 4. The van der Waals surface area contributed by atoms with Crippen molar-refractivity contribution in [3.8, 4) is 22.1 Å². The fraction of sp³-hybridized carbons (Fsp3) is 0.238. The molecule has 32 heavy (non-hydrogen) atoms. The predicted octanol–water partition coefficient (Wildman–Crippen LogP) is 4.33. The van der Waals surface area contributed by atoms with Gasteiger partial charge in [0.25, 0.3) is 0 Å². The van der Waals surface area contributed by atoms with E-state index < -0.39 is 6.04 Å². The van der Waals surface area contributed by atoms with Crippen LogP contribution in [0.5, 0.6) is 11.5 Å². The number of hydrogen-bond acceptors (Lipinski definition) is 7. The number of nitrogens with zero attached hydrogens (tertiary/aromatic N) is 3.